The summed E-state index contributed by atoms with van der Waals surface area (Å²) in [5.74, 6) is 0. The summed E-state index contributed by atoms with van der Waals surface area (Å²) in [6, 6.07) is 23.5. The first-order valence-corrected chi connectivity index (χ1v) is 15.0. The van der Waals surface area contributed by atoms with Crippen LogP contribution in [0.5, 0.6) is 0 Å². The summed E-state index contributed by atoms with van der Waals surface area (Å²) in [5, 5.41) is 1.23. The lowest BCUT2D eigenvalue weighted by Gasteiger charge is -2.42. The summed E-state index contributed by atoms with van der Waals surface area (Å²) in [5.41, 5.74) is 12.6. The van der Waals surface area contributed by atoms with Gasteiger partial charge >= 0.3 is 0 Å². The fourth-order valence-corrected chi connectivity index (χ4v) is 7.33. The van der Waals surface area contributed by atoms with Gasteiger partial charge in [-0.05, 0) is 94.7 Å². The average Bonchev–Trinajstić information content (AvgIpc) is 3.28. The van der Waals surface area contributed by atoms with Crippen LogP contribution in [0.3, 0.4) is 0 Å². The molecular formula is C37H45BO. The van der Waals surface area contributed by atoms with Crippen LogP contribution in [0.1, 0.15) is 109 Å². The topological polar surface area (TPSA) is 13.1 Å². The molecule has 0 radical (unpaired) electrons. The maximum Gasteiger partial charge on any atom is 0.287 e. The standard InChI is InChI=1S/C37H45BO/c1-24-10-12-26(13-11-24)38(27-14-15-28-30(22-27)36(6,7)17-16-34(28,2)3)33-21-25-20-29-31(23-32(25)39-33)37(8,9)19-18-35(29,4)5/h10-15,20-23H,16-19H2,1-9H3. The zero-order chi connectivity index (χ0) is 28.0. The first-order chi connectivity index (χ1) is 18.2. The molecule has 0 bridgehead atoms. The Hall–Kier alpha value is -2.74. The molecule has 1 nitrogen and oxygen atoms in total. The third-order valence-electron chi connectivity index (χ3n) is 10.4. The minimum absolute atomic E-state index is 0.0576. The molecule has 0 saturated heterocycles. The second-order valence-corrected chi connectivity index (χ2v) is 15.3. The number of rotatable bonds is 3. The van der Waals surface area contributed by atoms with E-state index in [2.05, 4.69) is 123 Å². The van der Waals surface area contributed by atoms with Gasteiger partial charge in [0, 0.05) is 5.39 Å². The number of aryl methyl sites for hydroxylation is 1. The van der Waals surface area contributed by atoms with Crippen LogP contribution in [0, 0.1) is 6.92 Å². The fraction of sp³-hybridized carbons (Fsp3) is 0.459. The molecule has 3 aromatic carbocycles. The summed E-state index contributed by atoms with van der Waals surface area (Å²) in [7, 11) is 0. The van der Waals surface area contributed by atoms with Gasteiger partial charge in [0.25, 0.3) is 6.71 Å². The molecule has 39 heavy (non-hydrogen) atoms. The zero-order valence-electron chi connectivity index (χ0n) is 25.6. The van der Waals surface area contributed by atoms with E-state index in [0.717, 1.165) is 11.2 Å². The number of furan rings is 1. The van der Waals surface area contributed by atoms with Gasteiger partial charge in [0.2, 0.25) is 0 Å². The summed E-state index contributed by atoms with van der Waals surface area (Å²) >= 11 is 0. The molecule has 0 saturated carbocycles. The minimum Gasteiger partial charge on any atom is -0.470 e. The van der Waals surface area contributed by atoms with Crippen LogP contribution in [0.25, 0.3) is 11.0 Å². The van der Waals surface area contributed by atoms with Crippen molar-refractivity contribution in [1.29, 1.82) is 0 Å². The fourth-order valence-electron chi connectivity index (χ4n) is 7.33. The highest BCUT2D eigenvalue weighted by molar-refractivity contribution is 6.94. The molecule has 0 fully saturated rings. The maximum absolute atomic E-state index is 6.83. The number of hydrogen-bond donors (Lipinski definition) is 0. The number of hydrogen-bond acceptors (Lipinski definition) is 1. The van der Waals surface area contributed by atoms with Crippen LogP contribution >= 0.6 is 0 Å². The highest BCUT2D eigenvalue weighted by atomic mass is 16.3. The van der Waals surface area contributed by atoms with E-state index in [0.29, 0.717) is 0 Å². The Labute approximate surface area is 236 Å². The third kappa shape index (κ3) is 4.39. The third-order valence-corrected chi connectivity index (χ3v) is 10.4. The van der Waals surface area contributed by atoms with E-state index in [1.165, 1.54) is 69.8 Å². The van der Waals surface area contributed by atoms with Crippen molar-refractivity contribution in [3.05, 3.63) is 88.5 Å². The Bertz CT molecular complexity index is 1510. The van der Waals surface area contributed by atoms with Crippen molar-refractivity contribution >= 4 is 34.3 Å². The molecule has 0 aliphatic heterocycles. The maximum atomic E-state index is 6.83. The van der Waals surface area contributed by atoms with Gasteiger partial charge in [0.15, 0.2) is 0 Å². The summed E-state index contributed by atoms with van der Waals surface area (Å²) in [4.78, 5) is 0. The lowest BCUT2D eigenvalue weighted by Crippen LogP contribution is -2.52. The van der Waals surface area contributed by atoms with Crippen molar-refractivity contribution in [2.24, 2.45) is 0 Å². The Morgan fingerprint density at radius 1 is 0.538 bits per heavy atom. The molecule has 0 atom stereocenters. The smallest absolute Gasteiger partial charge is 0.287 e. The molecule has 2 heteroatoms. The molecule has 0 amide bonds. The molecule has 0 unspecified atom stereocenters. The second-order valence-electron chi connectivity index (χ2n) is 15.3. The van der Waals surface area contributed by atoms with Crippen molar-refractivity contribution in [3.63, 3.8) is 0 Å². The largest absolute Gasteiger partial charge is 0.470 e. The van der Waals surface area contributed by atoms with Gasteiger partial charge < -0.3 is 4.42 Å². The quantitative estimate of drug-likeness (QED) is 0.252. The van der Waals surface area contributed by atoms with Crippen molar-refractivity contribution in [3.8, 4) is 0 Å². The van der Waals surface area contributed by atoms with Gasteiger partial charge in [-0.1, -0.05) is 114 Å². The molecule has 2 aliphatic carbocycles. The predicted octanol–water partition coefficient (Wildman–Crippen LogP) is 7.96. The van der Waals surface area contributed by atoms with Crippen molar-refractivity contribution in [1.82, 2.24) is 0 Å². The van der Waals surface area contributed by atoms with Crippen LogP contribution in [-0.4, -0.2) is 6.71 Å². The van der Waals surface area contributed by atoms with Gasteiger partial charge in [-0.3, -0.25) is 0 Å². The zero-order valence-corrected chi connectivity index (χ0v) is 25.6. The lowest BCUT2D eigenvalue weighted by molar-refractivity contribution is 0.332. The van der Waals surface area contributed by atoms with Crippen molar-refractivity contribution in [2.75, 3.05) is 0 Å². The minimum atomic E-state index is 0.0576. The van der Waals surface area contributed by atoms with E-state index < -0.39 is 0 Å². The summed E-state index contributed by atoms with van der Waals surface area (Å²) in [6.45, 7) is 21.5. The van der Waals surface area contributed by atoms with Crippen LogP contribution in [-0.2, 0) is 21.7 Å². The average molecular weight is 517 g/mol. The summed E-state index contributed by atoms with van der Waals surface area (Å²) in [6.07, 6.45) is 4.87. The molecule has 0 spiro atoms. The van der Waals surface area contributed by atoms with Gasteiger partial charge in [-0.2, -0.15) is 0 Å². The van der Waals surface area contributed by atoms with Crippen molar-refractivity contribution < 1.29 is 4.42 Å². The SMILES string of the molecule is Cc1ccc(B(c2ccc3c(c2)C(C)(C)CCC3(C)C)c2cc3cc4c(cc3o2)C(C)(C)CCC4(C)C)cc1. The lowest BCUT2D eigenvalue weighted by atomic mass is 9.38. The summed E-state index contributed by atoms with van der Waals surface area (Å²) < 4.78 is 6.83. The van der Waals surface area contributed by atoms with E-state index in [-0.39, 0.29) is 28.4 Å². The Morgan fingerprint density at radius 2 is 1.03 bits per heavy atom. The molecule has 6 rings (SSSR count). The highest BCUT2D eigenvalue weighted by Gasteiger charge is 2.40. The molecule has 0 N–H and O–H groups in total. The molecule has 1 heterocycles. The first kappa shape index (κ1) is 26.5. The van der Waals surface area contributed by atoms with Gasteiger partial charge in [-0.15, -0.1) is 0 Å². The van der Waals surface area contributed by atoms with E-state index in [9.17, 15) is 0 Å². The van der Waals surface area contributed by atoms with E-state index in [4.69, 9.17) is 4.42 Å². The molecule has 2 aliphatic rings. The Morgan fingerprint density at radius 3 is 1.62 bits per heavy atom. The van der Waals surface area contributed by atoms with Crippen LogP contribution in [0.2, 0.25) is 0 Å². The van der Waals surface area contributed by atoms with Crippen LogP contribution in [0.15, 0.2) is 65.1 Å². The van der Waals surface area contributed by atoms with Crippen LogP contribution < -0.4 is 16.6 Å². The molecule has 1 aromatic heterocycles. The Kier molecular flexibility index (Phi) is 5.86. The first-order valence-electron chi connectivity index (χ1n) is 15.0. The number of fused-ring (bicyclic) bond motifs is 3. The van der Waals surface area contributed by atoms with E-state index in [1.54, 1.807) is 0 Å². The monoisotopic (exact) mass is 516 g/mol. The second kappa shape index (κ2) is 8.63. The molecule has 4 aromatic rings. The van der Waals surface area contributed by atoms with Gasteiger partial charge in [-0.25, -0.2) is 0 Å². The van der Waals surface area contributed by atoms with Crippen LogP contribution in [0.4, 0.5) is 0 Å². The van der Waals surface area contributed by atoms with Gasteiger partial charge in [0.05, 0.1) is 5.66 Å². The Balaban J connectivity index is 1.55. The van der Waals surface area contributed by atoms with Crippen molar-refractivity contribution in [2.45, 2.75) is 110 Å². The van der Waals surface area contributed by atoms with Gasteiger partial charge in [0.1, 0.15) is 5.58 Å². The normalized spacial score (nSPS) is 20.3. The predicted molar refractivity (Wildman–Crippen MR) is 169 cm³/mol. The molecule has 202 valence electrons. The highest BCUT2D eigenvalue weighted by Crippen LogP contribution is 2.47. The van der Waals surface area contributed by atoms with E-state index in [1.807, 2.05) is 0 Å². The van der Waals surface area contributed by atoms with E-state index >= 15 is 0 Å². The number of benzene rings is 3. The molecular weight excluding hydrogens is 471 g/mol.